The summed E-state index contributed by atoms with van der Waals surface area (Å²) in [6.07, 6.45) is 3.91. The average Bonchev–Trinajstić information content (AvgIpc) is 2.89. The van der Waals surface area contributed by atoms with Crippen molar-refractivity contribution >= 4 is 44.0 Å². The fourth-order valence-corrected chi connectivity index (χ4v) is 4.38. The molecule has 0 aromatic heterocycles. The Kier molecular flexibility index (Phi) is 5.53. The molecule has 0 N–H and O–H groups in total. The number of hydrogen-bond acceptors (Lipinski definition) is 3. The van der Waals surface area contributed by atoms with Crippen LogP contribution in [0.15, 0.2) is 103 Å². The highest BCUT2D eigenvalue weighted by Crippen LogP contribution is 2.32. The fraction of sp³-hybridized carbons (Fsp3) is 0.0323. The van der Waals surface area contributed by atoms with Crippen LogP contribution in [0.4, 0.5) is 0 Å². The lowest BCUT2D eigenvalue weighted by molar-refractivity contribution is 0.415. The highest BCUT2D eigenvalue weighted by atomic mass is 16.5. The van der Waals surface area contributed by atoms with E-state index in [-0.39, 0.29) is 5.57 Å². The minimum Gasteiger partial charge on any atom is -0.497 e. The molecule has 3 heteroatoms. The molecule has 5 aromatic carbocycles. The zero-order valence-electron chi connectivity index (χ0n) is 18.6. The summed E-state index contributed by atoms with van der Waals surface area (Å²) in [4.78, 5) is 0. The Morgan fingerprint density at radius 1 is 0.706 bits per heavy atom. The third-order valence-corrected chi connectivity index (χ3v) is 6.08. The van der Waals surface area contributed by atoms with Crippen molar-refractivity contribution in [3.05, 3.63) is 114 Å². The molecule has 0 saturated carbocycles. The molecule has 5 rings (SSSR count). The van der Waals surface area contributed by atoms with E-state index in [4.69, 9.17) is 4.74 Å². The van der Waals surface area contributed by atoms with Crippen molar-refractivity contribution in [1.82, 2.24) is 0 Å². The first-order valence-electron chi connectivity index (χ1n) is 10.9. The first kappa shape index (κ1) is 21.0. The van der Waals surface area contributed by atoms with Gasteiger partial charge in [-0.05, 0) is 67.7 Å². The van der Waals surface area contributed by atoms with Gasteiger partial charge in [-0.1, -0.05) is 78.9 Å². The van der Waals surface area contributed by atoms with Gasteiger partial charge in [0.15, 0.2) is 0 Å². The minimum absolute atomic E-state index is 0.0775. The van der Waals surface area contributed by atoms with Crippen LogP contribution in [-0.2, 0) is 0 Å². The van der Waals surface area contributed by atoms with E-state index in [0.717, 1.165) is 49.2 Å². The van der Waals surface area contributed by atoms with E-state index in [2.05, 4.69) is 42.5 Å². The highest BCUT2D eigenvalue weighted by molar-refractivity contribution is 6.07. The second kappa shape index (κ2) is 8.94. The van der Waals surface area contributed by atoms with Crippen molar-refractivity contribution in [2.45, 2.75) is 0 Å². The summed E-state index contributed by atoms with van der Waals surface area (Å²) >= 11 is 0. The Labute approximate surface area is 198 Å². The number of hydrogen-bond donors (Lipinski definition) is 0. The van der Waals surface area contributed by atoms with Gasteiger partial charge < -0.3 is 4.74 Å². The minimum atomic E-state index is 0.0775. The molecular formula is C31H20N2O. The molecule has 0 unspecified atom stereocenters. The number of benzene rings is 5. The molecule has 34 heavy (non-hydrogen) atoms. The van der Waals surface area contributed by atoms with Crippen molar-refractivity contribution in [2.24, 2.45) is 0 Å². The van der Waals surface area contributed by atoms with Crippen LogP contribution < -0.4 is 4.74 Å². The monoisotopic (exact) mass is 436 g/mol. The molecule has 0 aliphatic heterocycles. The maximum atomic E-state index is 9.70. The summed E-state index contributed by atoms with van der Waals surface area (Å²) in [5.41, 5.74) is 2.55. The standard InChI is InChI=1S/C31H20N2O/c1-34-27-13-12-21-16-25(11-10-22(21)18-27)28(26(19-32)20-33)14-15-31-29-8-4-2-6-23(29)17-24-7-3-5-9-30(24)31/h2-18H,1H3/b15-14+. The van der Waals surface area contributed by atoms with E-state index < -0.39 is 0 Å². The summed E-state index contributed by atoms with van der Waals surface area (Å²) < 4.78 is 5.32. The van der Waals surface area contributed by atoms with Gasteiger partial charge in [-0.2, -0.15) is 10.5 Å². The molecule has 0 fully saturated rings. The molecule has 160 valence electrons. The lowest BCUT2D eigenvalue weighted by Gasteiger charge is -2.10. The van der Waals surface area contributed by atoms with Gasteiger partial charge in [-0.3, -0.25) is 0 Å². The number of nitriles is 2. The molecule has 0 amide bonds. The molecule has 0 aliphatic rings. The number of fused-ring (bicyclic) bond motifs is 3. The maximum absolute atomic E-state index is 9.70. The summed E-state index contributed by atoms with van der Waals surface area (Å²) in [6, 6.07) is 34.6. The van der Waals surface area contributed by atoms with E-state index in [1.165, 1.54) is 0 Å². The second-order valence-corrected chi connectivity index (χ2v) is 8.01. The van der Waals surface area contributed by atoms with Crippen LogP contribution in [0.1, 0.15) is 11.1 Å². The van der Waals surface area contributed by atoms with Crippen molar-refractivity contribution in [3.8, 4) is 17.9 Å². The average molecular weight is 437 g/mol. The normalized spacial score (nSPS) is 10.9. The largest absolute Gasteiger partial charge is 0.497 e. The fourth-order valence-electron chi connectivity index (χ4n) is 4.38. The molecule has 0 aliphatic carbocycles. The van der Waals surface area contributed by atoms with Crippen molar-refractivity contribution in [3.63, 3.8) is 0 Å². The molecule has 5 aromatic rings. The smallest absolute Gasteiger partial charge is 0.137 e. The number of rotatable bonds is 4. The second-order valence-electron chi connectivity index (χ2n) is 8.01. The van der Waals surface area contributed by atoms with Gasteiger partial charge in [0.25, 0.3) is 0 Å². The molecule has 0 atom stereocenters. The lowest BCUT2D eigenvalue weighted by Crippen LogP contribution is -1.89. The molecule has 3 nitrogen and oxygen atoms in total. The predicted molar refractivity (Wildman–Crippen MR) is 139 cm³/mol. The molecule has 0 saturated heterocycles. The van der Waals surface area contributed by atoms with E-state index in [1.54, 1.807) is 7.11 Å². The van der Waals surface area contributed by atoms with Gasteiger partial charge in [0.05, 0.1) is 7.11 Å². The van der Waals surface area contributed by atoms with E-state index >= 15 is 0 Å². The Morgan fingerprint density at radius 2 is 1.32 bits per heavy atom. The summed E-state index contributed by atoms with van der Waals surface area (Å²) in [7, 11) is 1.64. The summed E-state index contributed by atoms with van der Waals surface area (Å²) in [6.45, 7) is 0. The molecular weight excluding hydrogens is 416 g/mol. The zero-order valence-corrected chi connectivity index (χ0v) is 18.6. The number of methoxy groups -OCH3 is 1. The quantitative estimate of drug-likeness (QED) is 0.165. The molecule has 0 bridgehead atoms. The van der Waals surface area contributed by atoms with Crippen molar-refractivity contribution in [2.75, 3.05) is 7.11 Å². The van der Waals surface area contributed by atoms with Gasteiger partial charge in [0, 0.05) is 5.57 Å². The van der Waals surface area contributed by atoms with Crippen LogP contribution in [0.2, 0.25) is 0 Å². The molecule has 0 spiro atoms. The Bertz CT molecular complexity index is 1640. The predicted octanol–water partition coefficient (Wildman–Crippen LogP) is 7.67. The van der Waals surface area contributed by atoms with E-state index in [9.17, 15) is 10.5 Å². The first-order chi connectivity index (χ1) is 16.7. The Balaban J connectivity index is 1.70. The van der Waals surface area contributed by atoms with Gasteiger partial charge in [0.1, 0.15) is 23.5 Å². The van der Waals surface area contributed by atoms with Gasteiger partial charge in [0.2, 0.25) is 0 Å². The maximum Gasteiger partial charge on any atom is 0.137 e. The SMILES string of the molecule is COc1ccc2cc(C(/C=C/c3c4ccccc4cc4ccccc34)=C(C#N)C#N)ccc2c1. The third-order valence-electron chi connectivity index (χ3n) is 6.08. The first-order valence-corrected chi connectivity index (χ1v) is 10.9. The van der Waals surface area contributed by atoms with Gasteiger partial charge in [-0.15, -0.1) is 0 Å². The van der Waals surface area contributed by atoms with Crippen molar-refractivity contribution in [1.29, 1.82) is 10.5 Å². The lowest BCUT2D eigenvalue weighted by atomic mass is 9.93. The zero-order chi connectivity index (χ0) is 23.5. The van der Waals surface area contributed by atoms with E-state index in [0.29, 0.717) is 5.57 Å². The van der Waals surface area contributed by atoms with Crippen LogP contribution in [0.3, 0.4) is 0 Å². The highest BCUT2D eigenvalue weighted by Gasteiger charge is 2.10. The number of allylic oxidation sites excluding steroid dienone is 3. The van der Waals surface area contributed by atoms with Crippen LogP contribution in [0, 0.1) is 22.7 Å². The van der Waals surface area contributed by atoms with Crippen molar-refractivity contribution < 1.29 is 4.74 Å². The van der Waals surface area contributed by atoms with Crippen LogP contribution >= 0.6 is 0 Å². The van der Waals surface area contributed by atoms with Gasteiger partial charge >= 0.3 is 0 Å². The van der Waals surface area contributed by atoms with Gasteiger partial charge in [-0.25, -0.2) is 0 Å². The van der Waals surface area contributed by atoms with Crippen LogP contribution in [-0.4, -0.2) is 7.11 Å². The van der Waals surface area contributed by atoms with Crippen LogP contribution in [0.5, 0.6) is 5.75 Å². The van der Waals surface area contributed by atoms with E-state index in [1.807, 2.05) is 72.8 Å². The third kappa shape index (κ3) is 3.77. The topological polar surface area (TPSA) is 56.8 Å². The summed E-state index contributed by atoms with van der Waals surface area (Å²) in [5.74, 6) is 0.786. The molecule has 0 heterocycles. The number of ether oxygens (including phenoxy) is 1. The summed E-state index contributed by atoms with van der Waals surface area (Å²) in [5, 5.41) is 26.0. The number of nitrogens with zero attached hydrogens (tertiary/aromatic N) is 2. The Hall–Kier alpha value is -4.86. The van der Waals surface area contributed by atoms with Crippen LogP contribution in [0.25, 0.3) is 44.0 Å². The molecule has 0 radical (unpaired) electrons. The Morgan fingerprint density at radius 3 is 1.97 bits per heavy atom.